The first-order valence-corrected chi connectivity index (χ1v) is 7.50. The number of aryl methyl sites for hydroxylation is 1. The smallest absolute Gasteiger partial charge is 0.337 e. The molecule has 0 saturated heterocycles. The molecule has 24 heavy (non-hydrogen) atoms. The van der Waals surface area contributed by atoms with E-state index in [9.17, 15) is 9.90 Å². The fourth-order valence-corrected chi connectivity index (χ4v) is 3.03. The van der Waals surface area contributed by atoms with Crippen LogP contribution in [0.3, 0.4) is 0 Å². The zero-order valence-electron chi connectivity index (χ0n) is 13.2. The molecule has 0 unspecified atom stereocenters. The van der Waals surface area contributed by atoms with E-state index in [0.717, 1.165) is 27.6 Å². The topological polar surface area (TPSA) is 72.3 Å². The number of aromatic nitrogens is 2. The van der Waals surface area contributed by atoms with E-state index in [2.05, 4.69) is 9.97 Å². The van der Waals surface area contributed by atoms with Crippen molar-refractivity contribution < 1.29 is 14.6 Å². The number of nitrogens with zero attached hydrogens (tertiary/aromatic N) is 2. The molecule has 0 bridgehead atoms. The summed E-state index contributed by atoms with van der Waals surface area (Å²) in [6.07, 6.45) is 0. The monoisotopic (exact) mass is 318 g/mol. The molecule has 0 saturated carbocycles. The molecular formula is C19H14N2O3. The summed E-state index contributed by atoms with van der Waals surface area (Å²) >= 11 is 0. The predicted molar refractivity (Wildman–Crippen MR) is 92.8 cm³/mol. The second-order valence-corrected chi connectivity index (χ2v) is 5.64. The molecule has 1 N–H and O–H groups in total. The lowest BCUT2D eigenvalue weighted by Crippen LogP contribution is -2.01. The quantitative estimate of drug-likeness (QED) is 0.447. The molecular weight excluding hydrogens is 304 g/mol. The summed E-state index contributed by atoms with van der Waals surface area (Å²) in [5.41, 5.74) is 3.48. The highest BCUT2D eigenvalue weighted by Gasteiger charge is 2.15. The van der Waals surface area contributed by atoms with Crippen LogP contribution in [-0.4, -0.2) is 28.2 Å². The summed E-state index contributed by atoms with van der Waals surface area (Å²) < 4.78 is 5.40. The fourth-order valence-electron chi connectivity index (χ4n) is 3.03. The van der Waals surface area contributed by atoms with Crippen molar-refractivity contribution in [1.29, 1.82) is 0 Å². The van der Waals surface area contributed by atoms with Gasteiger partial charge in [0.2, 0.25) is 0 Å². The van der Waals surface area contributed by atoms with Gasteiger partial charge in [0.15, 0.2) is 0 Å². The predicted octanol–water partition coefficient (Wildman–Crippen LogP) is 3.95. The summed E-state index contributed by atoms with van der Waals surface area (Å²) in [4.78, 5) is 20.9. The Morgan fingerprint density at radius 2 is 1.79 bits per heavy atom. The normalized spacial score (nSPS) is 11.2. The Kier molecular flexibility index (Phi) is 3.09. The third kappa shape index (κ3) is 1.98. The molecule has 5 heteroatoms. The van der Waals surface area contributed by atoms with E-state index < -0.39 is 5.97 Å². The number of aromatic carboxylic acids is 1. The van der Waals surface area contributed by atoms with Crippen molar-refractivity contribution >= 4 is 38.8 Å². The van der Waals surface area contributed by atoms with Gasteiger partial charge in [-0.1, -0.05) is 18.2 Å². The van der Waals surface area contributed by atoms with Crippen molar-refractivity contribution in [3.8, 4) is 5.75 Å². The molecule has 0 atom stereocenters. The lowest BCUT2D eigenvalue weighted by molar-refractivity contribution is 0.0699. The summed E-state index contributed by atoms with van der Waals surface area (Å²) in [6, 6.07) is 12.9. The van der Waals surface area contributed by atoms with E-state index in [1.165, 1.54) is 0 Å². The number of rotatable bonds is 2. The van der Waals surface area contributed by atoms with Gasteiger partial charge < -0.3 is 9.84 Å². The fraction of sp³-hybridized carbons (Fsp3) is 0.105. The lowest BCUT2D eigenvalue weighted by atomic mass is 10.1. The van der Waals surface area contributed by atoms with Crippen LogP contribution in [0.4, 0.5) is 0 Å². The second-order valence-electron chi connectivity index (χ2n) is 5.64. The number of methoxy groups -OCH3 is 1. The van der Waals surface area contributed by atoms with E-state index >= 15 is 0 Å². The van der Waals surface area contributed by atoms with Crippen molar-refractivity contribution in [3.05, 3.63) is 53.6 Å². The third-order valence-corrected chi connectivity index (χ3v) is 4.23. The first-order valence-electron chi connectivity index (χ1n) is 7.50. The standard InChI is InChI=1S/C19H14N2O3/c1-10-6-7-13(19(22)23)18-16(10)20-14-9-8-11-12(17(14)21-18)4-3-5-15(11)24-2/h3-9H,1-2H3,(H,22,23). The van der Waals surface area contributed by atoms with Crippen molar-refractivity contribution in [2.75, 3.05) is 7.11 Å². The highest BCUT2D eigenvalue weighted by atomic mass is 16.5. The Labute approximate surface area is 137 Å². The summed E-state index contributed by atoms with van der Waals surface area (Å²) in [6.45, 7) is 1.90. The molecule has 0 radical (unpaired) electrons. The van der Waals surface area contributed by atoms with E-state index in [0.29, 0.717) is 16.6 Å². The Bertz CT molecular complexity index is 1140. The average Bonchev–Trinajstić information content (AvgIpc) is 2.59. The second kappa shape index (κ2) is 5.16. The zero-order chi connectivity index (χ0) is 16.8. The van der Waals surface area contributed by atoms with Gasteiger partial charge in [-0.05, 0) is 36.8 Å². The molecule has 1 heterocycles. The maximum Gasteiger partial charge on any atom is 0.337 e. The van der Waals surface area contributed by atoms with Crippen molar-refractivity contribution in [3.63, 3.8) is 0 Å². The molecule has 4 aromatic rings. The first-order chi connectivity index (χ1) is 11.6. The maximum absolute atomic E-state index is 11.5. The van der Waals surface area contributed by atoms with Crippen molar-refractivity contribution in [1.82, 2.24) is 9.97 Å². The van der Waals surface area contributed by atoms with Gasteiger partial charge in [0, 0.05) is 10.8 Å². The van der Waals surface area contributed by atoms with Gasteiger partial charge in [0.25, 0.3) is 0 Å². The number of carbonyl (C=O) groups is 1. The highest BCUT2D eigenvalue weighted by molar-refractivity contribution is 6.10. The van der Waals surface area contributed by atoms with Gasteiger partial charge in [-0.3, -0.25) is 0 Å². The molecule has 118 valence electrons. The molecule has 0 aliphatic rings. The largest absolute Gasteiger partial charge is 0.496 e. The number of benzene rings is 3. The Morgan fingerprint density at radius 1 is 0.958 bits per heavy atom. The Balaban J connectivity index is 2.21. The number of hydrogen-bond acceptors (Lipinski definition) is 4. The minimum atomic E-state index is -1.01. The molecule has 0 aliphatic carbocycles. The maximum atomic E-state index is 11.5. The number of carboxylic acid groups (broad SMARTS) is 1. The Morgan fingerprint density at radius 3 is 2.54 bits per heavy atom. The minimum absolute atomic E-state index is 0.157. The van der Waals surface area contributed by atoms with E-state index in [1.54, 1.807) is 19.2 Å². The molecule has 0 fully saturated rings. The number of ether oxygens (including phenoxy) is 1. The number of hydrogen-bond donors (Lipinski definition) is 1. The van der Waals surface area contributed by atoms with Gasteiger partial charge in [0.05, 0.1) is 29.2 Å². The van der Waals surface area contributed by atoms with Crippen LogP contribution >= 0.6 is 0 Å². The van der Waals surface area contributed by atoms with Crippen LogP contribution in [0.2, 0.25) is 0 Å². The average molecular weight is 318 g/mol. The van der Waals surface area contributed by atoms with Gasteiger partial charge in [-0.25, -0.2) is 14.8 Å². The van der Waals surface area contributed by atoms with E-state index in [1.807, 2.05) is 37.3 Å². The molecule has 0 amide bonds. The van der Waals surface area contributed by atoms with Crippen LogP contribution in [0.15, 0.2) is 42.5 Å². The van der Waals surface area contributed by atoms with Crippen molar-refractivity contribution in [2.45, 2.75) is 6.92 Å². The molecule has 3 aromatic carbocycles. The number of carboxylic acids is 1. The Hall–Kier alpha value is -3.21. The lowest BCUT2D eigenvalue weighted by Gasteiger charge is -2.10. The van der Waals surface area contributed by atoms with E-state index in [4.69, 9.17) is 4.74 Å². The minimum Gasteiger partial charge on any atom is -0.496 e. The van der Waals surface area contributed by atoms with Crippen LogP contribution in [0.1, 0.15) is 15.9 Å². The first kappa shape index (κ1) is 14.4. The summed E-state index contributed by atoms with van der Waals surface area (Å²) in [7, 11) is 1.62. The highest BCUT2D eigenvalue weighted by Crippen LogP contribution is 2.31. The van der Waals surface area contributed by atoms with Crippen LogP contribution in [0.25, 0.3) is 32.8 Å². The van der Waals surface area contributed by atoms with Gasteiger partial charge >= 0.3 is 5.97 Å². The van der Waals surface area contributed by atoms with Gasteiger partial charge in [-0.15, -0.1) is 0 Å². The van der Waals surface area contributed by atoms with Crippen LogP contribution < -0.4 is 4.74 Å². The summed E-state index contributed by atoms with van der Waals surface area (Å²) in [5.74, 6) is -0.259. The molecule has 1 aromatic heterocycles. The molecule has 0 spiro atoms. The van der Waals surface area contributed by atoms with Gasteiger partial charge in [-0.2, -0.15) is 0 Å². The van der Waals surface area contributed by atoms with Crippen molar-refractivity contribution in [2.24, 2.45) is 0 Å². The summed E-state index contributed by atoms with van der Waals surface area (Å²) in [5, 5.41) is 11.3. The van der Waals surface area contributed by atoms with Gasteiger partial charge in [0.1, 0.15) is 11.3 Å². The third-order valence-electron chi connectivity index (χ3n) is 4.23. The van der Waals surface area contributed by atoms with Crippen LogP contribution in [0, 0.1) is 6.92 Å². The molecule has 0 aliphatic heterocycles. The number of fused-ring (bicyclic) bond motifs is 4. The van der Waals surface area contributed by atoms with Crippen LogP contribution in [0.5, 0.6) is 5.75 Å². The zero-order valence-corrected chi connectivity index (χ0v) is 13.2. The molecule has 5 nitrogen and oxygen atoms in total. The van der Waals surface area contributed by atoms with Crippen LogP contribution in [-0.2, 0) is 0 Å². The SMILES string of the molecule is COc1cccc2c1ccc1nc3c(C)ccc(C(=O)O)c3nc12. The van der Waals surface area contributed by atoms with E-state index in [-0.39, 0.29) is 5.56 Å². The molecule has 4 rings (SSSR count).